The molecule has 0 bridgehead atoms. The van der Waals surface area contributed by atoms with Crippen molar-refractivity contribution in [2.45, 2.75) is 25.3 Å². The number of nitrogens with zero attached hydrogens (tertiary/aromatic N) is 1. The molecule has 1 unspecified atom stereocenters. The zero-order chi connectivity index (χ0) is 11.8. The Morgan fingerprint density at radius 2 is 2.29 bits per heavy atom. The molecule has 0 saturated carbocycles. The van der Waals surface area contributed by atoms with Gasteiger partial charge in [-0.3, -0.25) is 4.79 Å². The summed E-state index contributed by atoms with van der Waals surface area (Å²) in [7, 11) is 0. The maximum absolute atomic E-state index is 13.9. The zero-order valence-corrected chi connectivity index (χ0v) is 9.58. The van der Waals surface area contributed by atoms with E-state index in [1.165, 1.54) is 6.07 Å². The summed E-state index contributed by atoms with van der Waals surface area (Å²) in [5.74, 6) is -0.252. The molecule has 1 saturated heterocycles. The molecule has 3 rings (SSSR count). The van der Waals surface area contributed by atoms with E-state index in [0.29, 0.717) is 12.1 Å². The number of halogens is 1. The molecule has 1 N–H and O–H groups in total. The molecule has 0 spiro atoms. The molecule has 3 nitrogen and oxygen atoms in total. The second-order valence-corrected chi connectivity index (χ2v) is 4.69. The molecule has 4 heteroatoms. The van der Waals surface area contributed by atoms with Gasteiger partial charge in [0.1, 0.15) is 5.82 Å². The van der Waals surface area contributed by atoms with E-state index in [-0.39, 0.29) is 17.8 Å². The SMILES string of the molecule is O=C1Cc2cccc(F)c2N1C1CCCNC1. The van der Waals surface area contributed by atoms with Crippen molar-refractivity contribution in [1.82, 2.24) is 5.32 Å². The first-order valence-corrected chi connectivity index (χ1v) is 6.07. The average Bonchev–Trinajstić information content (AvgIpc) is 2.68. The summed E-state index contributed by atoms with van der Waals surface area (Å²) >= 11 is 0. The van der Waals surface area contributed by atoms with E-state index in [9.17, 15) is 9.18 Å². The van der Waals surface area contributed by atoms with Crippen LogP contribution < -0.4 is 10.2 Å². The van der Waals surface area contributed by atoms with Crippen LogP contribution in [0.15, 0.2) is 18.2 Å². The lowest BCUT2D eigenvalue weighted by molar-refractivity contribution is -0.117. The molecule has 17 heavy (non-hydrogen) atoms. The lowest BCUT2D eigenvalue weighted by Crippen LogP contribution is -2.47. The number of benzene rings is 1. The molecule has 1 fully saturated rings. The number of anilines is 1. The number of para-hydroxylation sites is 1. The van der Waals surface area contributed by atoms with E-state index in [2.05, 4.69) is 5.32 Å². The summed E-state index contributed by atoms with van der Waals surface area (Å²) in [4.78, 5) is 13.7. The van der Waals surface area contributed by atoms with Crippen molar-refractivity contribution in [2.24, 2.45) is 0 Å². The van der Waals surface area contributed by atoms with Crippen molar-refractivity contribution in [1.29, 1.82) is 0 Å². The van der Waals surface area contributed by atoms with Crippen LogP contribution in [0.5, 0.6) is 0 Å². The van der Waals surface area contributed by atoms with E-state index in [1.54, 1.807) is 11.0 Å². The Labute approximate surface area is 99.6 Å². The highest BCUT2D eigenvalue weighted by Gasteiger charge is 2.35. The molecule has 2 aliphatic heterocycles. The largest absolute Gasteiger partial charge is 0.315 e. The van der Waals surface area contributed by atoms with Crippen molar-refractivity contribution in [2.75, 3.05) is 18.0 Å². The number of carbonyl (C=O) groups excluding carboxylic acids is 1. The molecule has 0 radical (unpaired) electrons. The van der Waals surface area contributed by atoms with Crippen LogP contribution in [0, 0.1) is 5.82 Å². The van der Waals surface area contributed by atoms with Crippen molar-refractivity contribution in [3.8, 4) is 0 Å². The number of rotatable bonds is 1. The summed E-state index contributed by atoms with van der Waals surface area (Å²) in [6.07, 6.45) is 2.33. The maximum atomic E-state index is 13.9. The van der Waals surface area contributed by atoms with E-state index < -0.39 is 0 Å². The second-order valence-electron chi connectivity index (χ2n) is 4.69. The molecule has 2 heterocycles. The zero-order valence-electron chi connectivity index (χ0n) is 9.58. The highest BCUT2D eigenvalue weighted by molar-refractivity contribution is 6.02. The van der Waals surface area contributed by atoms with Crippen LogP contribution in [0.4, 0.5) is 10.1 Å². The van der Waals surface area contributed by atoms with Gasteiger partial charge in [0, 0.05) is 12.6 Å². The third-order valence-corrected chi connectivity index (χ3v) is 3.56. The molecular formula is C13H15FN2O. The van der Waals surface area contributed by atoms with Gasteiger partial charge in [0.15, 0.2) is 0 Å². The lowest BCUT2D eigenvalue weighted by Gasteiger charge is -2.32. The fraction of sp³-hybridized carbons (Fsp3) is 0.462. The monoisotopic (exact) mass is 234 g/mol. The van der Waals surface area contributed by atoms with E-state index >= 15 is 0 Å². The normalized spacial score (nSPS) is 23.9. The number of fused-ring (bicyclic) bond motifs is 1. The van der Waals surface area contributed by atoms with Crippen LogP contribution in [0.2, 0.25) is 0 Å². The number of hydrogen-bond donors (Lipinski definition) is 1. The smallest absolute Gasteiger partial charge is 0.231 e. The third kappa shape index (κ3) is 1.72. The molecule has 1 atom stereocenters. The predicted molar refractivity (Wildman–Crippen MR) is 63.5 cm³/mol. The molecule has 1 aromatic rings. The van der Waals surface area contributed by atoms with Crippen LogP contribution >= 0.6 is 0 Å². The second kappa shape index (κ2) is 4.11. The van der Waals surface area contributed by atoms with Gasteiger partial charge >= 0.3 is 0 Å². The molecule has 0 aromatic heterocycles. The standard InChI is InChI=1S/C13H15FN2O/c14-11-5-1-3-9-7-12(17)16(13(9)11)10-4-2-6-15-8-10/h1,3,5,10,15H,2,4,6-8H2. The van der Waals surface area contributed by atoms with Crippen molar-refractivity contribution >= 4 is 11.6 Å². The van der Waals surface area contributed by atoms with Gasteiger partial charge in [-0.25, -0.2) is 4.39 Å². The van der Waals surface area contributed by atoms with Gasteiger partial charge < -0.3 is 10.2 Å². The summed E-state index contributed by atoms with van der Waals surface area (Å²) in [5, 5.41) is 3.27. The fourth-order valence-electron chi connectivity index (χ4n) is 2.79. The Kier molecular flexibility index (Phi) is 2.59. The highest BCUT2D eigenvalue weighted by atomic mass is 19.1. The summed E-state index contributed by atoms with van der Waals surface area (Å²) in [6, 6.07) is 5.05. The molecule has 90 valence electrons. The van der Waals surface area contributed by atoms with Crippen molar-refractivity contribution in [3.63, 3.8) is 0 Å². The number of carbonyl (C=O) groups is 1. The van der Waals surface area contributed by atoms with Gasteiger partial charge in [-0.2, -0.15) is 0 Å². The van der Waals surface area contributed by atoms with Crippen LogP contribution in [-0.4, -0.2) is 25.0 Å². The quantitative estimate of drug-likeness (QED) is 0.798. The average molecular weight is 234 g/mol. The predicted octanol–water partition coefficient (Wildman–Crippen LogP) is 1.47. The Hall–Kier alpha value is -1.42. The van der Waals surface area contributed by atoms with E-state index in [4.69, 9.17) is 0 Å². The van der Waals surface area contributed by atoms with Gasteiger partial charge in [0.25, 0.3) is 0 Å². The van der Waals surface area contributed by atoms with Gasteiger partial charge in [0.05, 0.1) is 12.1 Å². The summed E-state index contributed by atoms with van der Waals surface area (Å²) < 4.78 is 13.9. The molecule has 1 amide bonds. The molecule has 0 aliphatic carbocycles. The first-order valence-electron chi connectivity index (χ1n) is 6.07. The Morgan fingerprint density at radius 1 is 1.41 bits per heavy atom. The van der Waals surface area contributed by atoms with Gasteiger partial charge in [-0.1, -0.05) is 12.1 Å². The number of hydrogen-bond acceptors (Lipinski definition) is 2. The van der Waals surface area contributed by atoms with E-state index in [1.807, 2.05) is 6.07 Å². The van der Waals surface area contributed by atoms with Gasteiger partial charge in [0.2, 0.25) is 5.91 Å². The fourth-order valence-corrected chi connectivity index (χ4v) is 2.79. The van der Waals surface area contributed by atoms with Gasteiger partial charge in [-0.15, -0.1) is 0 Å². The Balaban J connectivity index is 1.98. The minimum atomic E-state index is -0.279. The van der Waals surface area contributed by atoms with Crippen LogP contribution in [0.3, 0.4) is 0 Å². The van der Waals surface area contributed by atoms with Crippen LogP contribution in [0.1, 0.15) is 18.4 Å². The number of amides is 1. The topological polar surface area (TPSA) is 32.3 Å². The first kappa shape index (κ1) is 10.7. The number of nitrogens with one attached hydrogen (secondary N) is 1. The summed E-state index contributed by atoms with van der Waals surface area (Å²) in [6.45, 7) is 1.75. The third-order valence-electron chi connectivity index (χ3n) is 3.56. The van der Waals surface area contributed by atoms with Crippen LogP contribution in [0.25, 0.3) is 0 Å². The minimum absolute atomic E-state index is 0.0267. The number of piperidine rings is 1. The van der Waals surface area contributed by atoms with Gasteiger partial charge in [-0.05, 0) is 31.0 Å². The Morgan fingerprint density at radius 3 is 3.06 bits per heavy atom. The Bertz CT molecular complexity index is 455. The molecule has 1 aromatic carbocycles. The minimum Gasteiger partial charge on any atom is -0.315 e. The van der Waals surface area contributed by atoms with Crippen molar-refractivity contribution in [3.05, 3.63) is 29.6 Å². The lowest BCUT2D eigenvalue weighted by atomic mass is 10.1. The highest BCUT2D eigenvalue weighted by Crippen LogP contribution is 2.34. The first-order chi connectivity index (χ1) is 8.27. The molecular weight excluding hydrogens is 219 g/mol. The maximum Gasteiger partial charge on any atom is 0.231 e. The van der Waals surface area contributed by atoms with Crippen molar-refractivity contribution < 1.29 is 9.18 Å². The molecule has 2 aliphatic rings. The summed E-state index contributed by atoms with van der Waals surface area (Å²) in [5.41, 5.74) is 1.33. The van der Waals surface area contributed by atoms with Crippen LogP contribution in [-0.2, 0) is 11.2 Å². The van der Waals surface area contributed by atoms with E-state index in [0.717, 1.165) is 31.5 Å².